The maximum atomic E-state index is 5.40. The van der Waals surface area contributed by atoms with Gasteiger partial charge in [-0.05, 0) is 38.9 Å². The Morgan fingerprint density at radius 3 is 2.16 bits per heavy atom. The zero-order valence-electron chi connectivity index (χ0n) is 12.7. The number of likely N-dealkylation sites (tertiary alicyclic amines) is 1. The van der Waals surface area contributed by atoms with E-state index < -0.39 is 8.80 Å². The summed E-state index contributed by atoms with van der Waals surface area (Å²) in [5, 5.41) is 3.49. The SMILES string of the molecule is CO[Si](CCCNCCN1CCCCC1)(OC)OC. The second-order valence-electron chi connectivity index (χ2n) is 5.05. The smallest absolute Gasteiger partial charge is 0.377 e. The third-order valence-electron chi connectivity index (χ3n) is 3.82. The highest BCUT2D eigenvalue weighted by molar-refractivity contribution is 6.60. The van der Waals surface area contributed by atoms with Gasteiger partial charge in [-0.1, -0.05) is 6.42 Å². The van der Waals surface area contributed by atoms with Crippen LogP contribution in [-0.4, -0.2) is 67.8 Å². The van der Waals surface area contributed by atoms with Gasteiger partial charge in [-0.2, -0.15) is 0 Å². The Kier molecular flexibility index (Phi) is 8.85. The Morgan fingerprint density at radius 1 is 0.947 bits per heavy atom. The lowest BCUT2D eigenvalue weighted by molar-refractivity contribution is 0.123. The molecule has 1 fully saturated rings. The lowest BCUT2D eigenvalue weighted by Gasteiger charge is -2.26. The predicted molar refractivity (Wildman–Crippen MR) is 79.4 cm³/mol. The van der Waals surface area contributed by atoms with E-state index in [2.05, 4.69) is 10.2 Å². The van der Waals surface area contributed by atoms with Gasteiger partial charge in [-0.3, -0.25) is 0 Å². The van der Waals surface area contributed by atoms with Crippen LogP contribution in [0.1, 0.15) is 25.7 Å². The molecule has 0 aromatic carbocycles. The predicted octanol–water partition coefficient (Wildman–Crippen LogP) is 1.33. The van der Waals surface area contributed by atoms with Gasteiger partial charge in [0.15, 0.2) is 0 Å². The number of nitrogens with one attached hydrogen (secondary N) is 1. The molecule has 0 aromatic rings. The van der Waals surface area contributed by atoms with Crippen molar-refractivity contribution in [1.29, 1.82) is 0 Å². The van der Waals surface area contributed by atoms with Gasteiger partial charge in [-0.15, -0.1) is 0 Å². The van der Waals surface area contributed by atoms with Gasteiger partial charge in [0, 0.05) is 40.5 Å². The van der Waals surface area contributed by atoms with Crippen molar-refractivity contribution >= 4 is 8.80 Å². The van der Waals surface area contributed by atoms with E-state index in [0.717, 1.165) is 25.6 Å². The number of piperidine rings is 1. The number of rotatable bonds is 10. The normalized spacial score (nSPS) is 17.8. The molecule has 0 unspecified atom stereocenters. The number of hydrogen-bond acceptors (Lipinski definition) is 5. The van der Waals surface area contributed by atoms with E-state index in [4.69, 9.17) is 13.3 Å². The summed E-state index contributed by atoms with van der Waals surface area (Å²) in [6.07, 6.45) is 5.16. The molecule has 0 radical (unpaired) electrons. The average Bonchev–Trinajstić information content (AvgIpc) is 2.48. The molecule has 19 heavy (non-hydrogen) atoms. The van der Waals surface area contributed by atoms with Crippen molar-refractivity contribution in [2.45, 2.75) is 31.7 Å². The Balaban J connectivity index is 2.01. The summed E-state index contributed by atoms with van der Waals surface area (Å²) in [5.41, 5.74) is 0. The number of hydrogen-bond donors (Lipinski definition) is 1. The van der Waals surface area contributed by atoms with E-state index in [1.54, 1.807) is 21.3 Å². The third kappa shape index (κ3) is 6.33. The van der Waals surface area contributed by atoms with E-state index >= 15 is 0 Å². The van der Waals surface area contributed by atoms with Crippen LogP contribution in [0.4, 0.5) is 0 Å². The second kappa shape index (κ2) is 9.85. The molecule has 0 amide bonds. The van der Waals surface area contributed by atoms with Crippen LogP contribution in [-0.2, 0) is 13.3 Å². The van der Waals surface area contributed by atoms with Crippen molar-refractivity contribution in [1.82, 2.24) is 10.2 Å². The zero-order valence-corrected chi connectivity index (χ0v) is 13.7. The lowest BCUT2D eigenvalue weighted by atomic mass is 10.1. The monoisotopic (exact) mass is 290 g/mol. The molecule has 1 N–H and O–H groups in total. The highest BCUT2D eigenvalue weighted by Gasteiger charge is 2.36. The molecule has 0 aliphatic carbocycles. The average molecular weight is 290 g/mol. The van der Waals surface area contributed by atoms with Gasteiger partial charge in [0.05, 0.1) is 0 Å². The van der Waals surface area contributed by atoms with Crippen LogP contribution in [0.25, 0.3) is 0 Å². The highest BCUT2D eigenvalue weighted by atomic mass is 28.4. The fraction of sp³-hybridized carbons (Fsp3) is 1.00. The van der Waals surface area contributed by atoms with E-state index in [1.165, 1.54) is 38.9 Å². The minimum absolute atomic E-state index is 0.868. The summed E-state index contributed by atoms with van der Waals surface area (Å²) in [5.74, 6) is 0. The van der Waals surface area contributed by atoms with Crippen LogP contribution >= 0.6 is 0 Å². The molecule has 0 bridgehead atoms. The number of nitrogens with zero attached hydrogens (tertiary/aromatic N) is 1. The molecule has 1 aliphatic rings. The van der Waals surface area contributed by atoms with E-state index in [0.29, 0.717) is 0 Å². The first-order chi connectivity index (χ1) is 9.26. The Labute approximate surface area is 119 Å². The molecule has 5 nitrogen and oxygen atoms in total. The summed E-state index contributed by atoms with van der Waals surface area (Å²) in [4.78, 5) is 2.55. The van der Waals surface area contributed by atoms with Gasteiger partial charge in [0.1, 0.15) is 0 Å². The third-order valence-corrected chi connectivity index (χ3v) is 6.65. The molecule has 1 aliphatic heterocycles. The first-order valence-electron chi connectivity index (χ1n) is 7.35. The van der Waals surface area contributed by atoms with E-state index in [-0.39, 0.29) is 0 Å². The van der Waals surface area contributed by atoms with Gasteiger partial charge in [0.2, 0.25) is 0 Å². The van der Waals surface area contributed by atoms with Crippen molar-refractivity contribution in [2.75, 3.05) is 54.1 Å². The maximum absolute atomic E-state index is 5.40. The van der Waals surface area contributed by atoms with Crippen LogP contribution < -0.4 is 5.32 Å². The van der Waals surface area contributed by atoms with Crippen molar-refractivity contribution in [3.63, 3.8) is 0 Å². The summed E-state index contributed by atoms with van der Waals surface area (Å²) in [7, 11) is 2.65. The van der Waals surface area contributed by atoms with Crippen LogP contribution in [0.5, 0.6) is 0 Å². The Hall–Kier alpha value is 0.0169. The Bertz CT molecular complexity index is 214. The van der Waals surface area contributed by atoms with Crippen molar-refractivity contribution < 1.29 is 13.3 Å². The molecule has 0 aromatic heterocycles. The van der Waals surface area contributed by atoms with Gasteiger partial charge < -0.3 is 23.5 Å². The molecule has 0 atom stereocenters. The lowest BCUT2D eigenvalue weighted by Crippen LogP contribution is -2.43. The minimum atomic E-state index is -2.36. The zero-order chi connectivity index (χ0) is 14.0. The molecule has 6 heteroatoms. The fourth-order valence-electron chi connectivity index (χ4n) is 2.53. The van der Waals surface area contributed by atoms with E-state index in [1.807, 2.05) is 0 Å². The first kappa shape index (κ1) is 17.1. The second-order valence-corrected chi connectivity index (χ2v) is 8.14. The molecule has 1 saturated heterocycles. The van der Waals surface area contributed by atoms with E-state index in [9.17, 15) is 0 Å². The Morgan fingerprint density at radius 2 is 1.58 bits per heavy atom. The van der Waals surface area contributed by atoms with Crippen molar-refractivity contribution in [3.8, 4) is 0 Å². The first-order valence-corrected chi connectivity index (χ1v) is 9.28. The van der Waals surface area contributed by atoms with Crippen molar-refractivity contribution in [3.05, 3.63) is 0 Å². The van der Waals surface area contributed by atoms with Gasteiger partial charge in [0.25, 0.3) is 0 Å². The summed E-state index contributed by atoms with van der Waals surface area (Å²) < 4.78 is 16.2. The van der Waals surface area contributed by atoms with Crippen LogP contribution in [0.3, 0.4) is 0 Å². The van der Waals surface area contributed by atoms with Crippen LogP contribution in [0.2, 0.25) is 6.04 Å². The van der Waals surface area contributed by atoms with Crippen LogP contribution in [0, 0.1) is 0 Å². The maximum Gasteiger partial charge on any atom is 0.500 e. The summed E-state index contributed by atoms with van der Waals surface area (Å²) >= 11 is 0. The summed E-state index contributed by atoms with van der Waals surface area (Å²) in [6, 6.07) is 0.868. The largest absolute Gasteiger partial charge is 0.500 e. The van der Waals surface area contributed by atoms with Gasteiger partial charge >= 0.3 is 8.80 Å². The topological polar surface area (TPSA) is 43.0 Å². The van der Waals surface area contributed by atoms with Crippen molar-refractivity contribution in [2.24, 2.45) is 0 Å². The van der Waals surface area contributed by atoms with Gasteiger partial charge in [-0.25, -0.2) is 0 Å². The quantitative estimate of drug-likeness (QED) is 0.486. The molecule has 1 heterocycles. The molecular formula is C13H30N2O3Si. The highest BCUT2D eigenvalue weighted by Crippen LogP contribution is 2.14. The molecular weight excluding hydrogens is 260 g/mol. The molecule has 0 saturated carbocycles. The molecule has 1 rings (SSSR count). The molecule has 0 spiro atoms. The molecule has 114 valence electrons. The standard InChI is InChI=1S/C13H30N2O3Si/c1-16-19(17-2,18-3)13-7-8-14-9-12-15-10-5-4-6-11-15/h14H,4-13H2,1-3H3. The fourth-order valence-corrected chi connectivity index (χ4v) is 4.25. The minimum Gasteiger partial charge on any atom is -0.377 e. The summed E-state index contributed by atoms with van der Waals surface area (Å²) in [6.45, 7) is 5.78. The van der Waals surface area contributed by atoms with Crippen LogP contribution in [0.15, 0.2) is 0 Å².